The molecule has 1 aliphatic heterocycles. The van der Waals surface area contributed by atoms with Crippen LogP contribution in [0.25, 0.3) is 0 Å². The van der Waals surface area contributed by atoms with Crippen molar-refractivity contribution in [3.8, 4) is 0 Å². The molecule has 0 amide bonds. The maximum absolute atomic E-state index is 8.96. The smallest absolute Gasteiger partial charge is 0.0602 e. The first-order valence-corrected chi connectivity index (χ1v) is 9.52. The normalized spacial score (nSPS) is 28.2. The summed E-state index contributed by atoms with van der Waals surface area (Å²) in [6.45, 7) is -10.2. The van der Waals surface area contributed by atoms with E-state index in [2.05, 4.69) is 0 Å². The molecule has 3 heteroatoms. The molecular formula is C25H27ClN2. The van der Waals surface area contributed by atoms with Gasteiger partial charge in [-0.15, -0.1) is 0 Å². The van der Waals surface area contributed by atoms with Crippen molar-refractivity contribution < 1.29 is 11.0 Å². The fourth-order valence-electron chi connectivity index (χ4n) is 3.14. The Kier molecular flexibility index (Phi) is 3.75. The highest BCUT2D eigenvalue weighted by atomic mass is 35.5. The van der Waals surface area contributed by atoms with Crippen LogP contribution in [-0.2, 0) is 6.54 Å². The third kappa shape index (κ3) is 4.64. The molecule has 1 aliphatic rings. The molecule has 3 aromatic rings. The number of piperazine rings is 1. The molecule has 1 unspecified atom stereocenters. The van der Waals surface area contributed by atoms with Gasteiger partial charge in [0.15, 0.2) is 0 Å². The van der Waals surface area contributed by atoms with E-state index in [0.29, 0.717) is 31.5 Å². The lowest BCUT2D eigenvalue weighted by Crippen LogP contribution is -2.47. The van der Waals surface area contributed by atoms with Gasteiger partial charge in [-0.25, -0.2) is 0 Å². The fraction of sp³-hybridized carbons (Fsp3) is 0.280. The highest BCUT2D eigenvalue weighted by Crippen LogP contribution is 2.30. The predicted molar refractivity (Wildman–Crippen MR) is 118 cm³/mol. The Labute approximate surface area is 184 Å². The van der Waals surface area contributed by atoms with Crippen LogP contribution in [0.5, 0.6) is 0 Å². The maximum atomic E-state index is 8.96. The molecule has 0 aromatic heterocycles. The molecule has 4 rings (SSSR count). The van der Waals surface area contributed by atoms with Crippen molar-refractivity contribution in [1.29, 1.82) is 0 Å². The number of hydrogen-bond acceptors (Lipinski definition) is 2. The van der Waals surface area contributed by atoms with Crippen molar-refractivity contribution in [2.45, 2.75) is 19.5 Å². The first-order chi connectivity index (χ1) is 16.7. The second-order valence-corrected chi connectivity index (χ2v) is 7.19. The molecule has 1 fully saturated rings. The minimum atomic E-state index is -2.95. The molecule has 0 bridgehead atoms. The zero-order chi connectivity index (χ0) is 26.5. The zero-order valence-corrected chi connectivity index (χ0v) is 16.3. The summed E-state index contributed by atoms with van der Waals surface area (Å²) in [6, 6.07) is 20.9. The Morgan fingerprint density at radius 2 is 1.43 bits per heavy atom. The van der Waals surface area contributed by atoms with E-state index in [1.807, 2.05) is 6.92 Å². The van der Waals surface area contributed by atoms with E-state index in [1.54, 1.807) is 78.9 Å². The van der Waals surface area contributed by atoms with Gasteiger partial charge in [0.2, 0.25) is 0 Å². The molecule has 0 N–H and O–H groups in total. The Morgan fingerprint density at radius 1 is 0.821 bits per heavy atom. The summed E-state index contributed by atoms with van der Waals surface area (Å²) in [5.41, 5.74) is 2.46. The van der Waals surface area contributed by atoms with Crippen molar-refractivity contribution in [3.05, 3.63) is 106 Å². The highest BCUT2D eigenvalue weighted by Gasteiger charge is 2.26. The number of nitrogens with zero attached hydrogens (tertiary/aromatic N) is 2. The van der Waals surface area contributed by atoms with Gasteiger partial charge in [0.1, 0.15) is 0 Å². The summed E-state index contributed by atoms with van der Waals surface area (Å²) in [5, 5.41) is 0.435. The average molecular weight is 399 g/mol. The zero-order valence-electron chi connectivity index (χ0n) is 23.6. The molecule has 0 aliphatic carbocycles. The summed E-state index contributed by atoms with van der Waals surface area (Å²) < 4.78 is 71.2. The minimum absolute atomic E-state index is 0.315. The second kappa shape index (κ2) is 8.91. The van der Waals surface area contributed by atoms with Gasteiger partial charge in [-0.3, -0.25) is 9.80 Å². The monoisotopic (exact) mass is 398 g/mol. The lowest BCUT2D eigenvalue weighted by atomic mass is 9.96. The highest BCUT2D eigenvalue weighted by molar-refractivity contribution is 6.30. The molecule has 1 atom stereocenters. The topological polar surface area (TPSA) is 6.48 Å². The molecule has 28 heavy (non-hydrogen) atoms. The van der Waals surface area contributed by atoms with Crippen LogP contribution in [0.3, 0.4) is 0 Å². The SMILES string of the molecule is [2H]C1([2H])N(Cc2ccc(C)cc2)C([2H])([2H])C([2H])([2H])N(C(c2ccccc2)c2ccc(Cl)cc2)C1([2H])[2H]. The fourth-order valence-corrected chi connectivity index (χ4v) is 3.27. The number of rotatable bonds is 5. The van der Waals surface area contributed by atoms with Gasteiger partial charge in [0.25, 0.3) is 0 Å². The lowest BCUT2D eigenvalue weighted by Gasteiger charge is -2.40. The molecule has 2 nitrogen and oxygen atoms in total. The van der Waals surface area contributed by atoms with E-state index in [1.165, 1.54) is 0 Å². The number of halogens is 1. The summed E-state index contributed by atoms with van der Waals surface area (Å²) in [7, 11) is 0. The van der Waals surface area contributed by atoms with E-state index in [-0.39, 0.29) is 6.54 Å². The Hall–Kier alpha value is -2.13. The van der Waals surface area contributed by atoms with Gasteiger partial charge in [0.05, 0.1) is 6.04 Å². The predicted octanol–water partition coefficient (Wildman–Crippen LogP) is 5.56. The molecule has 3 aromatic carbocycles. The molecule has 0 radical (unpaired) electrons. The van der Waals surface area contributed by atoms with Crippen LogP contribution < -0.4 is 0 Å². The van der Waals surface area contributed by atoms with Gasteiger partial charge in [-0.05, 0) is 35.7 Å². The largest absolute Gasteiger partial charge is 0.297 e. The molecule has 1 heterocycles. The van der Waals surface area contributed by atoms with Crippen molar-refractivity contribution >= 4 is 11.6 Å². The van der Waals surface area contributed by atoms with E-state index >= 15 is 0 Å². The molecule has 1 saturated heterocycles. The van der Waals surface area contributed by atoms with Crippen molar-refractivity contribution in [2.24, 2.45) is 0 Å². The molecular weight excluding hydrogens is 364 g/mol. The van der Waals surface area contributed by atoms with Crippen molar-refractivity contribution in [2.75, 3.05) is 26.0 Å². The van der Waals surface area contributed by atoms with E-state index in [0.717, 1.165) is 5.56 Å². The molecule has 0 saturated carbocycles. The molecule has 144 valence electrons. The Balaban J connectivity index is 1.90. The Morgan fingerprint density at radius 3 is 2.07 bits per heavy atom. The summed E-state index contributed by atoms with van der Waals surface area (Å²) >= 11 is 6.07. The van der Waals surface area contributed by atoms with Crippen LogP contribution in [0.2, 0.25) is 5.02 Å². The van der Waals surface area contributed by atoms with Gasteiger partial charge < -0.3 is 0 Å². The number of benzene rings is 3. The van der Waals surface area contributed by atoms with Gasteiger partial charge in [0, 0.05) is 48.5 Å². The van der Waals surface area contributed by atoms with Crippen LogP contribution in [0.4, 0.5) is 0 Å². The van der Waals surface area contributed by atoms with Gasteiger partial charge >= 0.3 is 0 Å². The summed E-state index contributed by atoms with van der Waals surface area (Å²) in [5.74, 6) is 0. The van der Waals surface area contributed by atoms with E-state index in [4.69, 9.17) is 22.6 Å². The quantitative estimate of drug-likeness (QED) is 0.555. The molecule has 0 spiro atoms. The van der Waals surface area contributed by atoms with Crippen molar-refractivity contribution in [1.82, 2.24) is 9.80 Å². The average Bonchev–Trinajstić information content (AvgIpc) is 2.82. The summed E-state index contributed by atoms with van der Waals surface area (Å²) in [4.78, 5) is 1.36. The third-order valence-electron chi connectivity index (χ3n) is 4.63. The van der Waals surface area contributed by atoms with Crippen LogP contribution >= 0.6 is 11.6 Å². The first-order valence-electron chi connectivity index (χ1n) is 13.1. The van der Waals surface area contributed by atoms with E-state index < -0.39 is 32.0 Å². The third-order valence-corrected chi connectivity index (χ3v) is 4.88. The van der Waals surface area contributed by atoms with E-state index in [9.17, 15) is 0 Å². The second-order valence-electron chi connectivity index (χ2n) is 6.75. The number of hydrogen-bond donors (Lipinski definition) is 0. The maximum Gasteiger partial charge on any atom is 0.0602 e. The van der Waals surface area contributed by atoms with Gasteiger partial charge in [-0.1, -0.05) is 83.9 Å². The first kappa shape index (κ1) is 11.8. The van der Waals surface area contributed by atoms with Crippen LogP contribution in [0.15, 0.2) is 78.9 Å². The number of aryl methyl sites for hydroxylation is 1. The summed E-state index contributed by atoms with van der Waals surface area (Å²) in [6.07, 6.45) is 0. The van der Waals surface area contributed by atoms with Crippen LogP contribution in [-0.4, -0.2) is 35.8 Å². The van der Waals surface area contributed by atoms with Crippen LogP contribution in [0.1, 0.15) is 39.3 Å². The van der Waals surface area contributed by atoms with Crippen LogP contribution in [0, 0.1) is 6.92 Å². The van der Waals surface area contributed by atoms with Gasteiger partial charge in [-0.2, -0.15) is 0 Å². The van der Waals surface area contributed by atoms with Crippen molar-refractivity contribution in [3.63, 3.8) is 0 Å². The lowest BCUT2D eigenvalue weighted by molar-refractivity contribution is 0.105. The standard InChI is InChI=1S/C25H27ClN2/c1-20-7-9-21(10-8-20)19-27-15-17-28(18-16-27)25(22-5-3-2-4-6-22)23-11-13-24(26)14-12-23/h2-14,25H,15-19H2,1H3/i15D2,16D2,17D2,18D2. The Bertz CT molecular complexity index is 1170. The minimum Gasteiger partial charge on any atom is -0.297 e.